The average Bonchev–Trinajstić information content (AvgIpc) is 3.31. The van der Waals surface area contributed by atoms with Crippen molar-refractivity contribution < 1.29 is 27.9 Å². The normalized spacial score (nSPS) is 10.7. The van der Waals surface area contributed by atoms with Crippen molar-refractivity contribution in [2.24, 2.45) is 0 Å². The van der Waals surface area contributed by atoms with Crippen molar-refractivity contribution in [2.45, 2.75) is 13.5 Å². The van der Waals surface area contributed by atoms with E-state index in [-0.39, 0.29) is 30.0 Å². The van der Waals surface area contributed by atoms with E-state index < -0.39 is 17.5 Å². The third-order valence-electron chi connectivity index (χ3n) is 4.67. The third kappa shape index (κ3) is 5.42. The van der Waals surface area contributed by atoms with Crippen LogP contribution in [0.3, 0.4) is 0 Å². The van der Waals surface area contributed by atoms with Crippen molar-refractivity contribution in [2.75, 3.05) is 6.61 Å². The van der Waals surface area contributed by atoms with Gasteiger partial charge in [-0.1, -0.05) is 11.6 Å². The second-order valence-electron chi connectivity index (χ2n) is 7.08. The van der Waals surface area contributed by atoms with Gasteiger partial charge >= 0.3 is 11.6 Å². The second kappa shape index (κ2) is 9.62. The molecule has 2 heterocycles. The first-order valence-electron chi connectivity index (χ1n) is 9.87. The number of aryl methyl sites for hydroxylation is 1. The monoisotopic (exact) mass is 467 g/mol. The van der Waals surface area contributed by atoms with E-state index >= 15 is 0 Å². The minimum absolute atomic E-state index is 0.135. The largest absolute Gasteiger partial charge is 0.482 e. The Hall–Kier alpha value is -4.04. The minimum Gasteiger partial charge on any atom is -0.482 e. The standard InChI is InChI=1S/C24H18ClNO7/c1-14-9-16(6-7-20(14)25)31-13-22(27)32-17-5-4-15-10-19(24(29)33-21(15)11-17)23(28)26-12-18-3-2-8-30-18/h2-11H,12-13H2,1H3,(H,26,28). The average molecular weight is 468 g/mol. The predicted octanol–water partition coefficient (Wildman–Crippen LogP) is 4.26. The number of rotatable bonds is 7. The van der Waals surface area contributed by atoms with E-state index in [1.165, 1.54) is 24.5 Å². The number of amides is 1. The van der Waals surface area contributed by atoms with Gasteiger partial charge in [-0.05, 0) is 61.0 Å². The lowest BCUT2D eigenvalue weighted by molar-refractivity contribution is -0.136. The number of fused-ring (bicyclic) bond motifs is 1. The summed E-state index contributed by atoms with van der Waals surface area (Å²) in [5.74, 6) is -0.0294. The third-order valence-corrected chi connectivity index (χ3v) is 5.10. The van der Waals surface area contributed by atoms with Crippen LogP contribution in [0.25, 0.3) is 11.0 Å². The van der Waals surface area contributed by atoms with Crippen molar-refractivity contribution >= 4 is 34.4 Å². The van der Waals surface area contributed by atoms with Crippen LogP contribution in [-0.2, 0) is 11.3 Å². The fourth-order valence-electron chi connectivity index (χ4n) is 3.00. The fourth-order valence-corrected chi connectivity index (χ4v) is 3.12. The molecule has 2 aromatic heterocycles. The molecule has 4 aromatic rings. The van der Waals surface area contributed by atoms with E-state index in [2.05, 4.69) is 5.32 Å². The Labute approximate surface area is 192 Å². The molecule has 0 saturated heterocycles. The summed E-state index contributed by atoms with van der Waals surface area (Å²) in [6.45, 7) is 1.64. The van der Waals surface area contributed by atoms with Crippen molar-refractivity contribution in [3.8, 4) is 11.5 Å². The van der Waals surface area contributed by atoms with Crippen LogP contribution in [0, 0.1) is 6.92 Å². The number of furan rings is 1. The molecule has 9 heteroatoms. The number of halogens is 1. The molecule has 4 rings (SSSR count). The highest BCUT2D eigenvalue weighted by atomic mass is 35.5. The van der Waals surface area contributed by atoms with Gasteiger partial charge in [-0.15, -0.1) is 0 Å². The number of carbonyl (C=O) groups is 2. The number of hydrogen-bond acceptors (Lipinski definition) is 7. The molecule has 1 amide bonds. The highest BCUT2D eigenvalue weighted by Crippen LogP contribution is 2.22. The van der Waals surface area contributed by atoms with Crippen LogP contribution in [0.4, 0.5) is 0 Å². The van der Waals surface area contributed by atoms with E-state index in [1.807, 2.05) is 6.92 Å². The molecule has 2 aromatic carbocycles. The molecule has 0 aliphatic carbocycles. The lowest BCUT2D eigenvalue weighted by atomic mass is 10.1. The molecule has 0 bridgehead atoms. The van der Waals surface area contributed by atoms with Gasteiger partial charge in [0.2, 0.25) is 0 Å². The van der Waals surface area contributed by atoms with Gasteiger partial charge in [0.1, 0.15) is 28.4 Å². The number of nitrogens with one attached hydrogen (secondary N) is 1. The molecule has 0 spiro atoms. The van der Waals surface area contributed by atoms with Crippen LogP contribution in [-0.4, -0.2) is 18.5 Å². The molecule has 168 valence electrons. The zero-order valence-electron chi connectivity index (χ0n) is 17.4. The van der Waals surface area contributed by atoms with Gasteiger partial charge in [0.25, 0.3) is 5.91 Å². The molecular weight excluding hydrogens is 450 g/mol. The van der Waals surface area contributed by atoms with Crippen LogP contribution in [0.15, 0.2) is 74.5 Å². The molecular formula is C24H18ClNO7. The summed E-state index contributed by atoms with van der Waals surface area (Å²) in [5, 5.41) is 3.68. The van der Waals surface area contributed by atoms with Crippen molar-refractivity contribution in [3.05, 3.63) is 93.2 Å². The van der Waals surface area contributed by atoms with E-state index in [9.17, 15) is 14.4 Å². The first-order chi connectivity index (χ1) is 15.9. The van der Waals surface area contributed by atoms with Crippen molar-refractivity contribution in [1.82, 2.24) is 5.32 Å². The SMILES string of the molecule is Cc1cc(OCC(=O)Oc2ccc3cc(C(=O)NCc4ccco4)c(=O)oc3c2)ccc1Cl. The molecule has 8 nitrogen and oxygen atoms in total. The summed E-state index contributed by atoms with van der Waals surface area (Å²) in [4.78, 5) is 36.8. The summed E-state index contributed by atoms with van der Waals surface area (Å²) < 4.78 is 21.1. The Morgan fingerprint density at radius 3 is 2.64 bits per heavy atom. The predicted molar refractivity (Wildman–Crippen MR) is 120 cm³/mol. The number of ether oxygens (including phenoxy) is 2. The number of esters is 1. The lowest BCUT2D eigenvalue weighted by Gasteiger charge is -2.09. The highest BCUT2D eigenvalue weighted by Gasteiger charge is 2.15. The highest BCUT2D eigenvalue weighted by molar-refractivity contribution is 6.31. The number of carbonyl (C=O) groups excluding carboxylic acids is 2. The molecule has 1 N–H and O–H groups in total. The molecule has 0 unspecified atom stereocenters. The summed E-state index contributed by atoms with van der Waals surface area (Å²) in [5.41, 5.74) is 0.0260. The minimum atomic E-state index is -0.815. The fraction of sp³-hybridized carbons (Fsp3) is 0.125. The van der Waals surface area contributed by atoms with E-state index in [1.54, 1.807) is 36.4 Å². The zero-order chi connectivity index (χ0) is 23.4. The van der Waals surface area contributed by atoms with Crippen LogP contribution >= 0.6 is 11.6 Å². The molecule has 0 aliphatic heterocycles. The summed E-state index contributed by atoms with van der Waals surface area (Å²) in [6, 6.07) is 14.3. The first kappa shape index (κ1) is 22.2. The van der Waals surface area contributed by atoms with Crippen molar-refractivity contribution in [1.29, 1.82) is 0 Å². The summed E-state index contributed by atoms with van der Waals surface area (Å²) in [7, 11) is 0. The zero-order valence-corrected chi connectivity index (χ0v) is 18.2. The van der Waals surface area contributed by atoms with Gasteiger partial charge in [-0.3, -0.25) is 4.79 Å². The molecule has 33 heavy (non-hydrogen) atoms. The topological polar surface area (TPSA) is 108 Å². The van der Waals surface area contributed by atoms with Crippen molar-refractivity contribution in [3.63, 3.8) is 0 Å². The second-order valence-corrected chi connectivity index (χ2v) is 7.49. The van der Waals surface area contributed by atoms with Gasteiger partial charge in [0.15, 0.2) is 6.61 Å². The Morgan fingerprint density at radius 1 is 1.06 bits per heavy atom. The van der Waals surface area contributed by atoms with Gasteiger partial charge < -0.3 is 23.6 Å². The maximum absolute atomic E-state index is 12.3. The van der Waals surface area contributed by atoms with Gasteiger partial charge in [0, 0.05) is 16.5 Å². The first-order valence-corrected chi connectivity index (χ1v) is 10.2. The smallest absolute Gasteiger partial charge is 0.349 e. The molecule has 0 saturated carbocycles. The quantitative estimate of drug-likeness (QED) is 0.246. The van der Waals surface area contributed by atoms with Gasteiger partial charge in [0.05, 0.1) is 12.8 Å². The van der Waals surface area contributed by atoms with Gasteiger partial charge in [-0.25, -0.2) is 9.59 Å². The Balaban J connectivity index is 1.41. The Bertz CT molecular complexity index is 1380. The van der Waals surface area contributed by atoms with E-state index in [0.29, 0.717) is 21.9 Å². The molecule has 0 radical (unpaired) electrons. The van der Waals surface area contributed by atoms with E-state index in [4.69, 9.17) is 29.9 Å². The van der Waals surface area contributed by atoms with Crippen LogP contribution in [0.1, 0.15) is 21.7 Å². The lowest BCUT2D eigenvalue weighted by Crippen LogP contribution is -2.27. The molecule has 0 aliphatic rings. The molecule has 0 fully saturated rings. The Morgan fingerprint density at radius 2 is 1.88 bits per heavy atom. The maximum Gasteiger partial charge on any atom is 0.349 e. The summed E-state index contributed by atoms with van der Waals surface area (Å²) in [6.07, 6.45) is 1.49. The van der Waals surface area contributed by atoms with Gasteiger partial charge in [-0.2, -0.15) is 0 Å². The van der Waals surface area contributed by atoms with E-state index in [0.717, 1.165) is 5.56 Å². The maximum atomic E-state index is 12.3. The Kier molecular flexibility index (Phi) is 6.46. The number of benzene rings is 2. The van der Waals surface area contributed by atoms with Crippen LogP contribution in [0.2, 0.25) is 5.02 Å². The van der Waals surface area contributed by atoms with Crippen LogP contribution < -0.4 is 20.4 Å². The molecule has 0 atom stereocenters. The number of hydrogen-bond donors (Lipinski definition) is 1. The summed E-state index contributed by atoms with van der Waals surface area (Å²) >= 11 is 5.97. The van der Waals surface area contributed by atoms with Crippen LogP contribution in [0.5, 0.6) is 11.5 Å².